The van der Waals surface area contributed by atoms with Crippen molar-refractivity contribution in [1.82, 2.24) is 4.98 Å². The highest BCUT2D eigenvalue weighted by Crippen LogP contribution is 2.65. The third-order valence-corrected chi connectivity index (χ3v) is 7.29. The van der Waals surface area contributed by atoms with Gasteiger partial charge in [0.1, 0.15) is 0 Å². The van der Waals surface area contributed by atoms with E-state index in [0.717, 1.165) is 11.1 Å². The highest BCUT2D eigenvalue weighted by Gasteiger charge is 2.49. The predicted molar refractivity (Wildman–Crippen MR) is 89.3 cm³/mol. The van der Waals surface area contributed by atoms with Gasteiger partial charge in [-0.15, -0.1) is 0 Å². The van der Waals surface area contributed by atoms with E-state index in [1.54, 1.807) is 48.4 Å². The molecule has 1 aromatic heterocycles. The van der Waals surface area contributed by atoms with Crippen LogP contribution >= 0.6 is 7.14 Å². The van der Waals surface area contributed by atoms with E-state index in [-0.39, 0.29) is 0 Å². The summed E-state index contributed by atoms with van der Waals surface area (Å²) in [5.74, 6) is 1.71. The first-order valence-corrected chi connectivity index (χ1v) is 8.93. The van der Waals surface area contributed by atoms with Gasteiger partial charge in [0.15, 0.2) is 12.5 Å². The van der Waals surface area contributed by atoms with Gasteiger partial charge < -0.3 is 9.67 Å². The summed E-state index contributed by atoms with van der Waals surface area (Å²) in [6, 6.07) is 14.4. The van der Waals surface area contributed by atoms with Crippen molar-refractivity contribution in [1.29, 1.82) is 0 Å². The van der Waals surface area contributed by atoms with Gasteiger partial charge in [-0.25, -0.2) is 0 Å². The first kappa shape index (κ1) is 15.0. The third-order valence-electron chi connectivity index (χ3n) is 4.10. The van der Waals surface area contributed by atoms with Gasteiger partial charge >= 0.3 is 0 Å². The molecule has 1 N–H and O–H groups in total. The molecule has 2 heterocycles. The molecule has 22 heavy (non-hydrogen) atoms. The molecule has 2 unspecified atom stereocenters. The molecule has 3 rings (SSSR count). The zero-order valence-corrected chi connectivity index (χ0v) is 13.5. The number of rotatable bonds is 2. The van der Waals surface area contributed by atoms with E-state index in [4.69, 9.17) is 0 Å². The second kappa shape index (κ2) is 5.35. The minimum atomic E-state index is -3.25. The van der Waals surface area contributed by atoms with Crippen molar-refractivity contribution in [2.24, 2.45) is 0 Å². The van der Waals surface area contributed by atoms with E-state index in [1.165, 1.54) is 0 Å². The lowest BCUT2D eigenvalue weighted by Crippen LogP contribution is -2.31. The number of hydrogen-bond acceptors (Lipinski definition) is 3. The lowest BCUT2D eigenvalue weighted by Gasteiger charge is -2.36. The number of allylic oxidation sites excluding steroid dienone is 2. The van der Waals surface area contributed by atoms with Crippen LogP contribution in [0.4, 0.5) is 0 Å². The van der Waals surface area contributed by atoms with Crippen LogP contribution in [0.15, 0.2) is 77.8 Å². The van der Waals surface area contributed by atoms with Crippen LogP contribution in [-0.2, 0) is 9.91 Å². The zero-order chi connectivity index (χ0) is 15.8. The normalized spacial score (nSPS) is 28.0. The van der Waals surface area contributed by atoms with Gasteiger partial charge in [-0.2, -0.15) is 0 Å². The van der Waals surface area contributed by atoms with E-state index >= 15 is 0 Å². The molecule has 0 aliphatic carbocycles. The Bertz CT molecular complexity index is 796. The molecule has 1 aliphatic heterocycles. The first-order valence-electron chi connectivity index (χ1n) is 7.16. The van der Waals surface area contributed by atoms with Crippen molar-refractivity contribution in [3.63, 3.8) is 0 Å². The highest BCUT2D eigenvalue weighted by atomic mass is 31.2. The minimum Gasteiger partial charge on any atom is -0.372 e. The van der Waals surface area contributed by atoms with Crippen LogP contribution in [0.1, 0.15) is 19.5 Å². The van der Waals surface area contributed by atoms with Gasteiger partial charge in [-0.3, -0.25) is 4.98 Å². The summed E-state index contributed by atoms with van der Waals surface area (Å²) in [5.41, 5.74) is 2.24. The van der Waals surface area contributed by atoms with E-state index in [1.807, 2.05) is 32.0 Å². The van der Waals surface area contributed by atoms with E-state index in [0.29, 0.717) is 11.0 Å². The van der Waals surface area contributed by atoms with Gasteiger partial charge in [-0.05, 0) is 49.0 Å². The maximum absolute atomic E-state index is 13.8. The Morgan fingerprint density at radius 2 is 1.68 bits per heavy atom. The van der Waals surface area contributed by atoms with Crippen LogP contribution < -0.4 is 5.30 Å². The SMILES string of the molecule is CC1=CC(O)(c2ccccn2)P(=O)(c2ccccc2)C=C1C. The summed E-state index contributed by atoms with van der Waals surface area (Å²) >= 11 is 0. The Labute approximate surface area is 130 Å². The van der Waals surface area contributed by atoms with Crippen LogP contribution in [0, 0.1) is 0 Å². The van der Waals surface area contributed by atoms with Gasteiger partial charge in [0.2, 0.25) is 0 Å². The number of nitrogens with zero attached hydrogens (tertiary/aromatic N) is 1. The molecular weight excluding hydrogens is 293 g/mol. The molecule has 2 aromatic rings. The average molecular weight is 311 g/mol. The molecule has 112 valence electrons. The first-order chi connectivity index (χ1) is 10.5. The number of pyridine rings is 1. The molecule has 0 saturated heterocycles. The number of benzene rings is 1. The molecule has 0 radical (unpaired) electrons. The molecular formula is C18H18NO2P. The maximum atomic E-state index is 13.8. The largest absolute Gasteiger partial charge is 0.372 e. The number of aromatic nitrogens is 1. The fraction of sp³-hybridized carbons (Fsp3) is 0.167. The van der Waals surface area contributed by atoms with Crippen molar-refractivity contribution in [3.05, 3.63) is 83.5 Å². The second-order valence-electron chi connectivity index (χ2n) is 5.57. The molecule has 4 heteroatoms. The quantitative estimate of drug-likeness (QED) is 0.859. The summed E-state index contributed by atoms with van der Waals surface area (Å²) in [7, 11) is -3.25. The summed E-state index contributed by atoms with van der Waals surface area (Å²) in [4.78, 5) is 4.26. The van der Waals surface area contributed by atoms with Crippen LogP contribution in [-0.4, -0.2) is 10.1 Å². The van der Waals surface area contributed by atoms with Gasteiger partial charge in [-0.1, -0.05) is 36.4 Å². The monoisotopic (exact) mass is 311 g/mol. The van der Waals surface area contributed by atoms with Crippen molar-refractivity contribution < 1.29 is 9.67 Å². The molecule has 0 amide bonds. The fourth-order valence-electron chi connectivity index (χ4n) is 2.73. The van der Waals surface area contributed by atoms with Crippen molar-refractivity contribution in [2.75, 3.05) is 0 Å². The van der Waals surface area contributed by atoms with Crippen molar-refractivity contribution >= 4 is 12.4 Å². The highest BCUT2D eigenvalue weighted by molar-refractivity contribution is 7.75. The van der Waals surface area contributed by atoms with E-state index in [2.05, 4.69) is 4.98 Å². The summed E-state index contributed by atoms with van der Waals surface area (Å²) in [6.45, 7) is 3.83. The Kier molecular flexibility index (Phi) is 3.64. The van der Waals surface area contributed by atoms with Crippen LogP contribution in [0.3, 0.4) is 0 Å². The molecule has 2 atom stereocenters. The Morgan fingerprint density at radius 3 is 2.32 bits per heavy atom. The molecule has 0 saturated carbocycles. The topological polar surface area (TPSA) is 50.2 Å². The lowest BCUT2D eigenvalue weighted by molar-refractivity contribution is 0.170. The Balaban J connectivity index is 2.29. The average Bonchev–Trinajstić information content (AvgIpc) is 2.55. The number of hydrogen-bond donors (Lipinski definition) is 1. The number of aliphatic hydroxyl groups is 1. The van der Waals surface area contributed by atoms with E-state index < -0.39 is 12.5 Å². The summed E-state index contributed by atoms with van der Waals surface area (Å²) in [6.07, 6.45) is 3.29. The Hall–Kier alpha value is -1.96. The van der Waals surface area contributed by atoms with Gasteiger partial charge in [0, 0.05) is 11.5 Å². The minimum absolute atomic E-state index is 0.408. The van der Waals surface area contributed by atoms with Crippen molar-refractivity contribution in [2.45, 2.75) is 19.2 Å². The molecule has 0 spiro atoms. The maximum Gasteiger partial charge on any atom is 0.185 e. The summed E-state index contributed by atoms with van der Waals surface area (Å²) in [5, 5.41) is 10.4. The predicted octanol–water partition coefficient (Wildman–Crippen LogP) is 3.78. The molecule has 0 fully saturated rings. The second-order valence-corrected chi connectivity index (χ2v) is 8.35. The van der Waals surface area contributed by atoms with E-state index in [9.17, 15) is 9.67 Å². The van der Waals surface area contributed by atoms with Gasteiger partial charge in [0.25, 0.3) is 0 Å². The lowest BCUT2D eigenvalue weighted by atomic mass is 10.1. The third kappa shape index (κ3) is 2.18. The van der Waals surface area contributed by atoms with Gasteiger partial charge in [0.05, 0.1) is 5.69 Å². The molecule has 0 bridgehead atoms. The molecule has 1 aliphatic rings. The standard InChI is InChI=1S/C18H18NO2P/c1-14-12-18(20,17-10-6-7-11-19-17)22(21,13-15(14)2)16-8-4-3-5-9-16/h3-13,20H,1-2H3. The zero-order valence-electron chi connectivity index (χ0n) is 12.6. The molecule has 3 nitrogen and oxygen atoms in total. The van der Waals surface area contributed by atoms with Crippen molar-refractivity contribution in [3.8, 4) is 0 Å². The van der Waals surface area contributed by atoms with Crippen LogP contribution in [0.5, 0.6) is 0 Å². The van der Waals surface area contributed by atoms with Crippen LogP contribution in [0.25, 0.3) is 0 Å². The Morgan fingerprint density at radius 1 is 1.00 bits per heavy atom. The summed E-state index contributed by atoms with van der Waals surface area (Å²) < 4.78 is 13.8. The smallest absolute Gasteiger partial charge is 0.185 e. The van der Waals surface area contributed by atoms with Crippen LogP contribution in [0.2, 0.25) is 0 Å². The fourth-order valence-corrected chi connectivity index (χ4v) is 5.69. The molecule has 1 aromatic carbocycles.